The van der Waals surface area contributed by atoms with Crippen molar-refractivity contribution in [1.82, 2.24) is 15.0 Å². The van der Waals surface area contributed by atoms with Crippen molar-refractivity contribution >= 4 is 33.4 Å². The van der Waals surface area contributed by atoms with Gasteiger partial charge in [0.2, 0.25) is 11.7 Å². The van der Waals surface area contributed by atoms with Crippen LogP contribution in [0.1, 0.15) is 35.0 Å². The predicted molar refractivity (Wildman–Crippen MR) is 107 cm³/mol. The van der Waals surface area contributed by atoms with Gasteiger partial charge in [0.05, 0.1) is 0 Å². The van der Waals surface area contributed by atoms with E-state index in [1.807, 2.05) is 29.2 Å². The SMILES string of the molecule is O=C(c1cccc(Cl)c1)N1CCC(c2nc(-c3ccc(Br)cc3)no2)CC1. The normalized spacial score (nSPS) is 15.1. The molecule has 2 aromatic carbocycles. The lowest BCUT2D eigenvalue weighted by Gasteiger charge is -2.30. The zero-order valence-corrected chi connectivity index (χ0v) is 16.8. The van der Waals surface area contributed by atoms with Crippen LogP contribution in [0, 0.1) is 0 Å². The summed E-state index contributed by atoms with van der Waals surface area (Å²) in [5, 5.41) is 4.68. The monoisotopic (exact) mass is 445 g/mol. The van der Waals surface area contributed by atoms with Crippen LogP contribution in [-0.4, -0.2) is 34.0 Å². The molecule has 0 bridgehead atoms. The minimum Gasteiger partial charge on any atom is -0.339 e. The summed E-state index contributed by atoms with van der Waals surface area (Å²) in [6.07, 6.45) is 1.60. The number of amides is 1. The highest BCUT2D eigenvalue weighted by Gasteiger charge is 2.28. The molecule has 0 atom stereocenters. The topological polar surface area (TPSA) is 59.2 Å². The fraction of sp³-hybridized carbons (Fsp3) is 0.250. The maximum Gasteiger partial charge on any atom is 0.253 e. The Kier molecular flexibility index (Phi) is 5.27. The van der Waals surface area contributed by atoms with Gasteiger partial charge in [-0.15, -0.1) is 0 Å². The van der Waals surface area contributed by atoms with Gasteiger partial charge in [0.25, 0.3) is 5.91 Å². The number of nitrogens with zero attached hydrogens (tertiary/aromatic N) is 3. The predicted octanol–water partition coefficient (Wildman–Crippen LogP) is 5.17. The van der Waals surface area contributed by atoms with Gasteiger partial charge in [0, 0.05) is 39.6 Å². The zero-order chi connectivity index (χ0) is 18.8. The Morgan fingerprint density at radius 3 is 2.59 bits per heavy atom. The van der Waals surface area contributed by atoms with Gasteiger partial charge in [0.1, 0.15) is 0 Å². The third kappa shape index (κ3) is 4.06. The molecule has 0 saturated carbocycles. The summed E-state index contributed by atoms with van der Waals surface area (Å²) in [7, 11) is 0. The number of carbonyl (C=O) groups is 1. The largest absolute Gasteiger partial charge is 0.339 e. The van der Waals surface area contributed by atoms with Crippen LogP contribution in [0.4, 0.5) is 0 Å². The molecule has 4 rings (SSSR count). The van der Waals surface area contributed by atoms with E-state index in [4.69, 9.17) is 16.1 Å². The summed E-state index contributed by atoms with van der Waals surface area (Å²) >= 11 is 9.41. The highest BCUT2D eigenvalue weighted by atomic mass is 79.9. The van der Waals surface area contributed by atoms with Gasteiger partial charge in [-0.05, 0) is 55.3 Å². The Morgan fingerprint density at radius 2 is 1.89 bits per heavy atom. The summed E-state index contributed by atoms with van der Waals surface area (Å²) in [5.74, 6) is 1.42. The summed E-state index contributed by atoms with van der Waals surface area (Å²) in [5.41, 5.74) is 1.54. The van der Waals surface area contributed by atoms with E-state index in [0.29, 0.717) is 35.4 Å². The van der Waals surface area contributed by atoms with Gasteiger partial charge in [-0.3, -0.25) is 4.79 Å². The smallest absolute Gasteiger partial charge is 0.253 e. The molecule has 0 radical (unpaired) electrons. The van der Waals surface area contributed by atoms with Gasteiger partial charge in [-0.2, -0.15) is 4.98 Å². The van der Waals surface area contributed by atoms with Crippen molar-refractivity contribution in [2.75, 3.05) is 13.1 Å². The van der Waals surface area contributed by atoms with E-state index >= 15 is 0 Å². The quantitative estimate of drug-likeness (QED) is 0.557. The number of hydrogen-bond acceptors (Lipinski definition) is 4. The first-order valence-electron chi connectivity index (χ1n) is 8.74. The van der Waals surface area contributed by atoms with Gasteiger partial charge in [0.15, 0.2) is 0 Å². The number of likely N-dealkylation sites (tertiary alicyclic amines) is 1. The summed E-state index contributed by atoms with van der Waals surface area (Å²) < 4.78 is 6.50. The molecule has 1 aromatic heterocycles. The van der Waals surface area contributed by atoms with Gasteiger partial charge in [-0.1, -0.05) is 38.8 Å². The van der Waals surface area contributed by atoms with Crippen LogP contribution in [0.2, 0.25) is 5.02 Å². The molecule has 3 aromatic rings. The lowest BCUT2D eigenvalue weighted by molar-refractivity contribution is 0.0704. The standard InChI is InChI=1S/C20H17BrClN3O2/c21-16-6-4-13(5-7-16)18-23-19(27-24-18)14-8-10-25(11-9-14)20(26)15-2-1-3-17(22)12-15/h1-7,12,14H,8-11H2. The molecule has 1 amide bonds. The van der Waals surface area contributed by atoms with E-state index in [2.05, 4.69) is 26.1 Å². The van der Waals surface area contributed by atoms with Crippen LogP contribution in [0.3, 0.4) is 0 Å². The van der Waals surface area contributed by atoms with Crippen molar-refractivity contribution in [1.29, 1.82) is 0 Å². The minimum absolute atomic E-state index is 0.0111. The van der Waals surface area contributed by atoms with Crippen molar-refractivity contribution in [2.45, 2.75) is 18.8 Å². The number of hydrogen-bond donors (Lipinski definition) is 0. The number of rotatable bonds is 3. The molecule has 0 aliphatic carbocycles. The van der Waals surface area contributed by atoms with Crippen molar-refractivity contribution in [3.05, 3.63) is 69.5 Å². The molecule has 7 heteroatoms. The Morgan fingerprint density at radius 1 is 1.15 bits per heavy atom. The van der Waals surface area contributed by atoms with Crippen LogP contribution in [0.25, 0.3) is 11.4 Å². The van der Waals surface area contributed by atoms with Crippen molar-refractivity contribution in [2.24, 2.45) is 0 Å². The van der Waals surface area contributed by atoms with Gasteiger partial charge >= 0.3 is 0 Å². The van der Waals surface area contributed by atoms with Gasteiger partial charge in [-0.25, -0.2) is 0 Å². The van der Waals surface area contributed by atoms with Crippen LogP contribution >= 0.6 is 27.5 Å². The van der Waals surface area contributed by atoms with E-state index in [1.54, 1.807) is 24.3 Å². The number of carbonyl (C=O) groups excluding carboxylic acids is 1. The maximum absolute atomic E-state index is 12.6. The molecule has 0 unspecified atom stereocenters. The first-order valence-corrected chi connectivity index (χ1v) is 9.91. The fourth-order valence-corrected chi connectivity index (χ4v) is 3.71. The first kappa shape index (κ1) is 18.2. The Bertz CT molecular complexity index is 950. The van der Waals surface area contributed by atoms with Crippen molar-refractivity contribution < 1.29 is 9.32 Å². The van der Waals surface area contributed by atoms with Crippen LogP contribution in [0.5, 0.6) is 0 Å². The zero-order valence-electron chi connectivity index (χ0n) is 14.4. The molecule has 1 aliphatic rings. The molecule has 0 spiro atoms. The van der Waals surface area contributed by atoms with E-state index < -0.39 is 0 Å². The summed E-state index contributed by atoms with van der Waals surface area (Å²) in [4.78, 5) is 19.0. The molecule has 0 N–H and O–H groups in total. The summed E-state index contributed by atoms with van der Waals surface area (Å²) in [6.45, 7) is 1.32. The lowest BCUT2D eigenvalue weighted by atomic mass is 9.96. The second-order valence-corrected chi connectivity index (χ2v) is 7.89. The average molecular weight is 447 g/mol. The molecule has 1 fully saturated rings. The Hall–Kier alpha value is -2.18. The first-order chi connectivity index (χ1) is 13.1. The van der Waals surface area contributed by atoms with Crippen molar-refractivity contribution in [3.63, 3.8) is 0 Å². The molecular formula is C20H17BrClN3O2. The number of aromatic nitrogens is 2. The van der Waals surface area contributed by atoms with Gasteiger partial charge < -0.3 is 9.42 Å². The third-order valence-electron chi connectivity index (χ3n) is 4.75. The molecule has 27 heavy (non-hydrogen) atoms. The van der Waals surface area contributed by atoms with E-state index in [-0.39, 0.29) is 11.8 Å². The van der Waals surface area contributed by atoms with Crippen molar-refractivity contribution in [3.8, 4) is 11.4 Å². The number of piperidine rings is 1. The maximum atomic E-state index is 12.6. The molecule has 138 valence electrons. The Balaban J connectivity index is 1.41. The fourth-order valence-electron chi connectivity index (χ4n) is 3.25. The average Bonchev–Trinajstić information content (AvgIpc) is 3.18. The van der Waals surface area contributed by atoms with E-state index in [0.717, 1.165) is 22.9 Å². The lowest BCUT2D eigenvalue weighted by Crippen LogP contribution is -2.38. The number of benzene rings is 2. The number of halogens is 2. The second kappa shape index (κ2) is 7.82. The Labute approximate surface area is 170 Å². The second-order valence-electron chi connectivity index (χ2n) is 6.54. The molecular weight excluding hydrogens is 430 g/mol. The molecule has 1 aliphatic heterocycles. The van der Waals surface area contributed by atoms with E-state index in [1.165, 1.54) is 0 Å². The van der Waals surface area contributed by atoms with E-state index in [9.17, 15) is 4.79 Å². The van der Waals surface area contributed by atoms with Crippen LogP contribution in [0.15, 0.2) is 57.5 Å². The highest BCUT2D eigenvalue weighted by Crippen LogP contribution is 2.29. The molecule has 5 nitrogen and oxygen atoms in total. The van der Waals surface area contributed by atoms with Crippen LogP contribution < -0.4 is 0 Å². The minimum atomic E-state index is 0.0111. The van der Waals surface area contributed by atoms with Crippen LogP contribution in [-0.2, 0) is 0 Å². The molecule has 2 heterocycles. The molecule has 1 saturated heterocycles. The third-order valence-corrected chi connectivity index (χ3v) is 5.51. The highest BCUT2D eigenvalue weighted by molar-refractivity contribution is 9.10. The summed E-state index contributed by atoms with van der Waals surface area (Å²) in [6, 6.07) is 14.9.